The quantitative estimate of drug-likeness (QED) is 0.292. The molecule has 0 bridgehead atoms. The molecule has 0 aliphatic heterocycles. The van der Waals surface area contributed by atoms with Crippen molar-refractivity contribution >= 4 is 5.69 Å². The molecule has 2 heterocycles. The number of aromatic amines is 1. The van der Waals surface area contributed by atoms with E-state index in [2.05, 4.69) is 15.3 Å². The van der Waals surface area contributed by atoms with Crippen molar-refractivity contribution < 1.29 is 4.92 Å². The molecule has 166 valence electrons. The van der Waals surface area contributed by atoms with Gasteiger partial charge in [-0.3, -0.25) is 20.0 Å². The van der Waals surface area contributed by atoms with E-state index < -0.39 is 4.92 Å². The van der Waals surface area contributed by atoms with Gasteiger partial charge in [0.25, 0.3) is 11.2 Å². The highest BCUT2D eigenvalue weighted by atomic mass is 16.6. The van der Waals surface area contributed by atoms with Crippen LogP contribution in [0.3, 0.4) is 0 Å². The van der Waals surface area contributed by atoms with Crippen LogP contribution in [0.25, 0.3) is 33.8 Å². The molecule has 3 aromatic carbocycles. The van der Waals surface area contributed by atoms with Crippen molar-refractivity contribution in [3.05, 3.63) is 123 Å². The number of H-pyrrole nitrogens is 1. The Bertz CT molecular complexity index is 1470. The van der Waals surface area contributed by atoms with Crippen molar-refractivity contribution in [1.29, 1.82) is 0 Å². The smallest absolute Gasteiger partial charge is 0.269 e. The molecule has 0 fully saturated rings. The summed E-state index contributed by atoms with van der Waals surface area (Å²) in [5, 5.41) is 23.5. The lowest BCUT2D eigenvalue weighted by Gasteiger charge is -2.10. The van der Waals surface area contributed by atoms with Crippen LogP contribution in [0, 0.1) is 10.1 Å². The lowest BCUT2D eigenvalue weighted by Crippen LogP contribution is -2.23. The monoisotopic (exact) mass is 449 g/mol. The minimum Gasteiger partial charge on any atom is -0.277 e. The molecule has 0 unspecified atom stereocenters. The normalized spacial score (nSPS) is 10.8. The number of benzene rings is 3. The van der Waals surface area contributed by atoms with E-state index in [-0.39, 0.29) is 17.8 Å². The zero-order valence-corrected chi connectivity index (χ0v) is 18.0. The van der Waals surface area contributed by atoms with E-state index in [9.17, 15) is 14.9 Å². The second kappa shape index (κ2) is 8.95. The van der Waals surface area contributed by atoms with Gasteiger partial charge in [-0.05, 0) is 11.6 Å². The molecule has 2 aromatic heterocycles. The molecule has 0 radical (unpaired) electrons. The van der Waals surface area contributed by atoms with Crippen LogP contribution in [0.1, 0.15) is 5.56 Å². The Kier molecular flexibility index (Phi) is 5.53. The predicted octanol–water partition coefficient (Wildman–Crippen LogP) is 4.92. The minimum atomic E-state index is -0.458. The Labute approximate surface area is 194 Å². The fourth-order valence-electron chi connectivity index (χ4n) is 3.85. The zero-order valence-electron chi connectivity index (χ0n) is 18.0. The second-order valence-electron chi connectivity index (χ2n) is 7.70. The summed E-state index contributed by atoms with van der Waals surface area (Å²) >= 11 is 0. The summed E-state index contributed by atoms with van der Waals surface area (Å²) in [6.07, 6.45) is 0. The van der Waals surface area contributed by atoms with E-state index in [4.69, 9.17) is 0 Å². The van der Waals surface area contributed by atoms with Crippen LogP contribution in [0.15, 0.2) is 102 Å². The maximum Gasteiger partial charge on any atom is 0.269 e. The number of nitrogens with one attached hydrogen (secondary N) is 1. The Hall–Kier alpha value is -4.85. The first kappa shape index (κ1) is 21.0. The number of non-ortho nitro benzene ring substituents is 1. The average molecular weight is 449 g/mol. The maximum atomic E-state index is 12.6. The highest BCUT2D eigenvalue weighted by Crippen LogP contribution is 2.37. The van der Waals surface area contributed by atoms with Crippen molar-refractivity contribution in [3.8, 4) is 33.8 Å². The highest BCUT2D eigenvalue weighted by Gasteiger charge is 2.20. The Balaban J connectivity index is 1.64. The van der Waals surface area contributed by atoms with Crippen molar-refractivity contribution in [2.75, 3.05) is 0 Å². The topological polar surface area (TPSA) is 107 Å². The predicted molar refractivity (Wildman–Crippen MR) is 129 cm³/mol. The van der Waals surface area contributed by atoms with E-state index in [1.807, 2.05) is 60.7 Å². The molecule has 8 heteroatoms. The van der Waals surface area contributed by atoms with Crippen LogP contribution in [0.5, 0.6) is 0 Å². The molecular weight excluding hydrogens is 430 g/mol. The molecule has 0 atom stereocenters. The first-order valence-corrected chi connectivity index (χ1v) is 10.6. The summed E-state index contributed by atoms with van der Waals surface area (Å²) in [5.41, 5.74) is 4.96. The van der Waals surface area contributed by atoms with E-state index in [0.29, 0.717) is 17.0 Å². The fourth-order valence-corrected chi connectivity index (χ4v) is 3.85. The molecule has 0 aliphatic rings. The van der Waals surface area contributed by atoms with Crippen LogP contribution in [0.4, 0.5) is 5.69 Å². The standard InChI is InChI=1S/C26H19N5O3/c32-23-15-14-22(29-30(23)17-18-8-7-13-21(16-18)31(33)34)24-25(19-9-3-1-4-10-19)27-28-26(24)20-11-5-2-6-12-20/h1-16H,17H2,(H,27,28). The van der Waals surface area contributed by atoms with Gasteiger partial charge in [0.1, 0.15) is 5.69 Å². The third-order valence-electron chi connectivity index (χ3n) is 5.45. The van der Waals surface area contributed by atoms with Crippen molar-refractivity contribution in [2.24, 2.45) is 0 Å². The van der Waals surface area contributed by atoms with E-state index in [0.717, 1.165) is 22.4 Å². The molecule has 0 spiro atoms. The Morgan fingerprint density at radius 1 is 0.853 bits per heavy atom. The van der Waals surface area contributed by atoms with E-state index in [1.165, 1.54) is 22.9 Å². The number of rotatable bonds is 6. The van der Waals surface area contributed by atoms with Crippen molar-refractivity contribution in [3.63, 3.8) is 0 Å². The Morgan fingerprint density at radius 2 is 1.56 bits per heavy atom. The number of nitro groups is 1. The molecule has 0 saturated carbocycles. The van der Waals surface area contributed by atoms with Gasteiger partial charge in [-0.25, -0.2) is 4.68 Å². The van der Waals surface area contributed by atoms with Gasteiger partial charge in [0, 0.05) is 29.3 Å². The summed E-state index contributed by atoms with van der Waals surface area (Å²) in [6.45, 7) is 0.105. The van der Waals surface area contributed by atoms with Gasteiger partial charge in [0.05, 0.1) is 28.4 Å². The summed E-state index contributed by atoms with van der Waals surface area (Å²) in [6, 6.07) is 28.8. The van der Waals surface area contributed by atoms with Gasteiger partial charge in [0.2, 0.25) is 0 Å². The highest BCUT2D eigenvalue weighted by molar-refractivity contribution is 5.89. The molecule has 0 aliphatic carbocycles. The lowest BCUT2D eigenvalue weighted by molar-refractivity contribution is -0.384. The first-order chi connectivity index (χ1) is 16.6. The molecule has 0 saturated heterocycles. The molecule has 5 aromatic rings. The molecule has 0 amide bonds. The summed E-state index contributed by atoms with van der Waals surface area (Å²) in [4.78, 5) is 23.3. The van der Waals surface area contributed by atoms with Crippen molar-refractivity contribution in [2.45, 2.75) is 6.54 Å². The number of hydrogen-bond acceptors (Lipinski definition) is 5. The van der Waals surface area contributed by atoms with Gasteiger partial charge in [-0.1, -0.05) is 72.8 Å². The minimum absolute atomic E-state index is 0.0331. The van der Waals surface area contributed by atoms with E-state index in [1.54, 1.807) is 18.2 Å². The molecule has 5 rings (SSSR count). The van der Waals surface area contributed by atoms with Gasteiger partial charge in [-0.2, -0.15) is 10.2 Å². The van der Waals surface area contributed by atoms with Crippen LogP contribution >= 0.6 is 0 Å². The van der Waals surface area contributed by atoms with Gasteiger partial charge in [0.15, 0.2) is 0 Å². The molecule has 34 heavy (non-hydrogen) atoms. The third-order valence-corrected chi connectivity index (χ3v) is 5.45. The largest absolute Gasteiger partial charge is 0.277 e. The molecule has 1 N–H and O–H groups in total. The molecular formula is C26H19N5O3. The van der Waals surface area contributed by atoms with Gasteiger partial charge < -0.3 is 0 Å². The van der Waals surface area contributed by atoms with Crippen LogP contribution in [-0.2, 0) is 6.54 Å². The van der Waals surface area contributed by atoms with Gasteiger partial charge in [-0.15, -0.1) is 0 Å². The second-order valence-corrected chi connectivity index (χ2v) is 7.70. The van der Waals surface area contributed by atoms with Crippen molar-refractivity contribution in [1.82, 2.24) is 20.0 Å². The van der Waals surface area contributed by atoms with E-state index >= 15 is 0 Å². The van der Waals surface area contributed by atoms with Crippen LogP contribution in [-0.4, -0.2) is 24.9 Å². The number of nitro benzene ring substituents is 1. The number of hydrogen-bond donors (Lipinski definition) is 1. The summed E-state index contributed by atoms with van der Waals surface area (Å²) in [5.74, 6) is 0. The first-order valence-electron chi connectivity index (χ1n) is 10.6. The number of nitrogens with zero attached hydrogens (tertiary/aromatic N) is 4. The maximum absolute atomic E-state index is 12.6. The third kappa shape index (κ3) is 4.12. The number of aromatic nitrogens is 4. The Morgan fingerprint density at radius 3 is 2.26 bits per heavy atom. The van der Waals surface area contributed by atoms with Gasteiger partial charge >= 0.3 is 0 Å². The van der Waals surface area contributed by atoms with Crippen LogP contribution in [0.2, 0.25) is 0 Å². The van der Waals surface area contributed by atoms with Crippen LogP contribution < -0.4 is 5.56 Å². The zero-order chi connectivity index (χ0) is 23.5. The fraction of sp³-hybridized carbons (Fsp3) is 0.0385. The average Bonchev–Trinajstić information content (AvgIpc) is 3.32. The SMILES string of the molecule is O=c1ccc(-c2c(-c3ccccc3)n[nH]c2-c2ccccc2)nn1Cc1cccc([N+](=O)[O-])c1. The summed E-state index contributed by atoms with van der Waals surface area (Å²) < 4.78 is 1.31. The lowest BCUT2D eigenvalue weighted by atomic mass is 9.99. The molecule has 8 nitrogen and oxygen atoms in total. The summed E-state index contributed by atoms with van der Waals surface area (Å²) in [7, 11) is 0.